The van der Waals surface area contributed by atoms with Crippen LogP contribution in [0.4, 0.5) is 19.0 Å². The Bertz CT molecular complexity index is 1560. The topological polar surface area (TPSA) is 120 Å². The zero-order valence-corrected chi connectivity index (χ0v) is 19.4. The Labute approximate surface area is 198 Å². The van der Waals surface area contributed by atoms with E-state index in [2.05, 4.69) is 15.2 Å². The van der Waals surface area contributed by atoms with Gasteiger partial charge in [-0.2, -0.15) is 23.3 Å². The SMILES string of the molecule is Cc1nn(C)c(N2Cc3ccc(C(F)(F)F)cc3C2)c1-c1nc(-c2cccc(S(N)(=O)=O)c2)no1. The number of rotatable bonds is 4. The predicted octanol–water partition coefficient (Wildman–Crippen LogP) is 3.63. The molecule has 2 aromatic carbocycles. The van der Waals surface area contributed by atoms with Crippen molar-refractivity contribution in [3.63, 3.8) is 0 Å². The summed E-state index contributed by atoms with van der Waals surface area (Å²) in [7, 11) is -2.19. The molecule has 0 spiro atoms. The number of aromatic nitrogens is 4. The number of aryl methyl sites for hydroxylation is 2. The van der Waals surface area contributed by atoms with Crippen LogP contribution < -0.4 is 10.0 Å². The molecule has 0 aliphatic carbocycles. The quantitative estimate of drug-likeness (QED) is 0.451. The van der Waals surface area contributed by atoms with Crippen LogP contribution in [0.2, 0.25) is 0 Å². The third-order valence-electron chi connectivity index (χ3n) is 5.81. The number of halogens is 3. The lowest BCUT2D eigenvalue weighted by atomic mass is 10.1. The summed E-state index contributed by atoms with van der Waals surface area (Å²) in [6, 6.07) is 9.58. The van der Waals surface area contributed by atoms with Gasteiger partial charge in [0, 0.05) is 25.7 Å². The molecule has 0 amide bonds. The molecule has 1 aliphatic rings. The highest BCUT2D eigenvalue weighted by molar-refractivity contribution is 7.89. The Morgan fingerprint density at radius 2 is 1.83 bits per heavy atom. The summed E-state index contributed by atoms with van der Waals surface area (Å²) in [6.07, 6.45) is -4.42. The standard InChI is InChI=1S/C22H19F3N6O3S/c1-12-18(20-27-19(29-34-20)13-4-3-5-17(9-13)35(26,32)33)21(30(2)28-12)31-10-14-6-7-16(22(23,24)25)8-15(14)11-31/h3-9H,10-11H2,1-2H3,(H2,26,32,33). The van der Waals surface area contributed by atoms with E-state index in [4.69, 9.17) is 9.66 Å². The molecule has 0 saturated heterocycles. The van der Waals surface area contributed by atoms with Gasteiger partial charge in [-0.25, -0.2) is 13.6 Å². The maximum atomic E-state index is 13.2. The van der Waals surface area contributed by atoms with Gasteiger partial charge in [-0.1, -0.05) is 23.4 Å². The monoisotopic (exact) mass is 504 g/mol. The third-order valence-corrected chi connectivity index (χ3v) is 6.72. The zero-order chi connectivity index (χ0) is 25.1. The first-order chi connectivity index (χ1) is 16.4. The molecule has 182 valence electrons. The van der Waals surface area contributed by atoms with Crippen LogP contribution in [-0.2, 0) is 36.3 Å². The van der Waals surface area contributed by atoms with Crippen molar-refractivity contribution in [2.24, 2.45) is 12.2 Å². The van der Waals surface area contributed by atoms with E-state index in [-0.39, 0.29) is 23.2 Å². The molecule has 4 aromatic rings. The van der Waals surface area contributed by atoms with Gasteiger partial charge in [0.1, 0.15) is 11.4 Å². The summed E-state index contributed by atoms with van der Waals surface area (Å²) in [5, 5.41) is 13.6. The van der Waals surface area contributed by atoms with Gasteiger partial charge in [-0.15, -0.1) is 0 Å². The molecule has 0 atom stereocenters. The first kappa shape index (κ1) is 23.1. The normalized spacial score (nSPS) is 13.9. The highest BCUT2D eigenvalue weighted by atomic mass is 32.2. The Balaban J connectivity index is 1.51. The van der Waals surface area contributed by atoms with E-state index in [9.17, 15) is 21.6 Å². The number of nitrogens with zero attached hydrogens (tertiary/aromatic N) is 5. The molecule has 2 N–H and O–H groups in total. The minimum atomic E-state index is -4.42. The lowest BCUT2D eigenvalue weighted by molar-refractivity contribution is -0.137. The second kappa shape index (κ2) is 7.92. The molecule has 0 radical (unpaired) electrons. The number of anilines is 1. The van der Waals surface area contributed by atoms with Crippen molar-refractivity contribution in [3.8, 4) is 22.8 Å². The van der Waals surface area contributed by atoms with E-state index in [1.54, 1.807) is 24.7 Å². The maximum Gasteiger partial charge on any atom is 0.416 e. The molecule has 9 nitrogen and oxygen atoms in total. The third kappa shape index (κ3) is 4.17. The Hall–Kier alpha value is -3.71. The predicted molar refractivity (Wildman–Crippen MR) is 119 cm³/mol. The Morgan fingerprint density at radius 1 is 1.09 bits per heavy atom. The van der Waals surface area contributed by atoms with E-state index in [0.29, 0.717) is 34.7 Å². The minimum Gasteiger partial charge on any atom is -0.347 e. The molecule has 35 heavy (non-hydrogen) atoms. The van der Waals surface area contributed by atoms with Gasteiger partial charge in [-0.3, -0.25) is 4.68 Å². The summed E-state index contributed by atoms with van der Waals surface area (Å²) in [6.45, 7) is 2.40. The van der Waals surface area contributed by atoms with Crippen molar-refractivity contribution in [2.75, 3.05) is 4.90 Å². The van der Waals surface area contributed by atoms with Gasteiger partial charge in [0.25, 0.3) is 5.89 Å². The average Bonchev–Trinajstić information content (AvgIpc) is 3.48. The highest BCUT2D eigenvalue weighted by Crippen LogP contribution is 2.39. The largest absolute Gasteiger partial charge is 0.416 e. The van der Waals surface area contributed by atoms with Gasteiger partial charge < -0.3 is 9.42 Å². The zero-order valence-electron chi connectivity index (χ0n) is 18.5. The highest BCUT2D eigenvalue weighted by Gasteiger charge is 2.34. The number of fused-ring (bicyclic) bond motifs is 1. The summed E-state index contributed by atoms with van der Waals surface area (Å²) in [5.74, 6) is 0.911. The number of nitrogens with two attached hydrogens (primary N) is 1. The summed E-state index contributed by atoms with van der Waals surface area (Å²) >= 11 is 0. The Kier molecular flexibility index (Phi) is 5.21. The van der Waals surface area contributed by atoms with Crippen molar-refractivity contribution in [2.45, 2.75) is 31.1 Å². The van der Waals surface area contributed by atoms with Gasteiger partial charge >= 0.3 is 6.18 Å². The van der Waals surface area contributed by atoms with E-state index in [0.717, 1.165) is 11.6 Å². The molecule has 13 heteroatoms. The van der Waals surface area contributed by atoms with E-state index in [1.165, 1.54) is 30.3 Å². The second-order valence-corrected chi connectivity index (χ2v) is 9.80. The van der Waals surface area contributed by atoms with Crippen LogP contribution in [0.25, 0.3) is 22.8 Å². The fourth-order valence-corrected chi connectivity index (χ4v) is 4.79. The molecule has 3 heterocycles. The molecule has 0 saturated carbocycles. The van der Waals surface area contributed by atoms with Crippen molar-refractivity contribution < 1.29 is 26.1 Å². The number of primary sulfonamides is 1. The van der Waals surface area contributed by atoms with Crippen LogP contribution in [0.1, 0.15) is 22.4 Å². The smallest absolute Gasteiger partial charge is 0.347 e. The van der Waals surface area contributed by atoms with Gasteiger partial charge in [0.15, 0.2) is 0 Å². The van der Waals surface area contributed by atoms with Gasteiger partial charge in [0.2, 0.25) is 15.8 Å². The van der Waals surface area contributed by atoms with Crippen molar-refractivity contribution in [3.05, 3.63) is 64.8 Å². The van der Waals surface area contributed by atoms with Crippen LogP contribution in [0, 0.1) is 6.92 Å². The van der Waals surface area contributed by atoms with E-state index >= 15 is 0 Å². The summed E-state index contributed by atoms with van der Waals surface area (Å²) in [4.78, 5) is 6.24. The molecule has 0 unspecified atom stereocenters. The van der Waals surface area contributed by atoms with Gasteiger partial charge in [-0.05, 0) is 42.3 Å². The maximum absolute atomic E-state index is 13.2. The minimum absolute atomic E-state index is 0.0901. The lowest BCUT2D eigenvalue weighted by Crippen LogP contribution is -2.18. The van der Waals surface area contributed by atoms with Crippen LogP contribution >= 0.6 is 0 Å². The molecule has 1 aliphatic heterocycles. The fourth-order valence-electron chi connectivity index (χ4n) is 4.23. The van der Waals surface area contributed by atoms with E-state index in [1.807, 2.05) is 4.90 Å². The number of hydrogen-bond donors (Lipinski definition) is 1. The molecule has 2 aromatic heterocycles. The van der Waals surface area contributed by atoms with Crippen LogP contribution in [0.3, 0.4) is 0 Å². The molecule has 5 rings (SSSR count). The average molecular weight is 504 g/mol. The number of hydrogen-bond acceptors (Lipinski definition) is 7. The van der Waals surface area contributed by atoms with Crippen molar-refractivity contribution >= 4 is 15.8 Å². The molecule has 0 bridgehead atoms. The second-order valence-electron chi connectivity index (χ2n) is 8.24. The molecular formula is C22H19F3N6O3S. The first-order valence-electron chi connectivity index (χ1n) is 10.4. The summed E-state index contributed by atoms with van der Waals surface area (Å²) in [5.41, 5.74) is 2.19. The van der Waals surface area contributed by atoms with Gasteiger partial charge in [0.05, 0.1) is 16.2 Å². The number of benzene rings is 2. The van der Waals surface area contributed by atoms with Crippen LogP contribution in [0.5, 0.6) is 0 Å². The van der Waals surface area contributed by atoms with Crippen molar-refractivity contribution in [1.82, 2.24) is 19.9 Å². The number of alkyl halides is 3. The number of sulfonamides is 1. The van der Waals surface area contributed by atoms with E-state index < -0.39 is 21.8 Å². The van der Waals surface area contributed by atoms with Crippen molar-refractivity contribution in [1.29, 1.82) is 0 Å². The Morgan fingerprint density at radius 3 is 2.54 bits per heavy atom. The fraction of sp³-hybridized carbons (Fsp3) is 0.227. The summed E-state index contributed by atoms with van der Waals surface area (Å²) < 4.78 is 70.0. The molecule has 0 fully saturated rings. The lowest BCUT2D eigenvalue weighted by Gasteiger charge is -2.18. The van der Waals surface area contributed by atoms with Crippen LogP contribution in [0.15, 0.2) is 51.9 Å². The first-order valence-corrected chi connectivity index (χ1v) is 11.9. The van der Waals surface area contributed by atoms with Crippen LogP contribution in [-0.4, -0.2) is 28.3 Å². The molecular weight excluding hydrogens is 485 g/mol.